The topological polar surface area (TPSA) is 68.7 Å². The lowest BCUT2D eigenvalue weighted by atomic mass is 9.81. The Morgan fingerprint density at radius 1 is 0.500 bits per heavy atom. The molecule has 9 aromatic rings. The lowest BCUT2D eigenvalue weighted by Gasteiger charge is -2.23. The van der Waals surface area contributed by atoms with Crippen LogP contribution in [-0.2, 0) is 12.8 Å². The highest BCUT2D eigenvalue weighted by Crippen LogP contribution is 2.41. The van der Waals surface area contributed by atoms with Crippen LogP contribution in [0.5, 0.6) is 0 Å². The van der Waals surface area contributed by atoms with Crippen molar-refractivity contribution in [3.8, 4) is 0 Å². The van der Waals surface area contributed by atoms with Crippen molar-refractivity contribution in [2.75, 3.05) is 0 Å². The van der Waals surface area contributed by atoms with Crippen molar-refractivity contribution >= 4 is 88.6 Å². The quantitative estimate of drug-likeness (QED) is 0.207. The van der Waals surface area contributed by atoms with Crippen LogP contribution in [0.15, 0.2) is 82.4 Å². The molecule has 0 bridgehead atoms. The summed E-state index contributed by atoms with van der Waals surface area (Å²) in [6.07, 6.45) is 5.91. The largest absolute Gasteiger partial charge is 0.268 e. The van der Waals surface area contributed by atoms with Crippen molar-refractivity contribution in [1.29, 1.82) is 0 Å². The highest BCUT2D eigenvalue weighted by molar-refractivity contribution is 6.24. The number of rotatable bonds is 0. The molecule has 11 rings (SSSR count). The first-order chi connectivity index (χ1) is 20.7. The van der Waals surface area contributed by atoms with E-state index in [-0.39, 0.29) is 11.1 Å². The number of benzene rings is 5. The molecule has 4 aromatic heterocycles. The van der Waals surface area contributed by atoms with Crippen LogP contribution in [0.1, 0.15) is 11.1 Å². The number of nitrogens with zero attached hydrogens (tertiary/aromatic N) is 4. The lowest BCUT2D eigenvalue weighted by molar-refractivity contribution is 1.16. The van der Waals surface area contributed by atoms with Crippen molar-refractivity contribution in [1.82, 2.24) is 18.8 Å². The summed E-state index contributed by atoms with van der Waals surface area (Å²) in [5.74, 6) is 0. The number of fused-ring (bicyclic) bond motifs is 10. The van der Waals surface area contributed by atoms with Gasteiger partial charge in [-0.3, -0.25) is 18.4 Å². The molecule has 2 aliphatic rings. The Kier molecular flexibility index (Phi) is 3.43. The monoisotopic (exact) mass is 538 g/mol. The molecule has 0 fully saturated rings. The molecule has 0 radical (unpaired) electrons. The number of pyridine rings is 2. The van der Waals surface area contributed by atoms with Gasteiger partial charge < -0.3 is 0 Å². The van der Waals surface area contributed by atoms with Crippen LogP contribution in [0.2, 0.25) is 0 Å². The molecule has 5 aromatic carbocycles. The van der Waals surface area contributed by atoms with E-state index in [1.807, 2.05) is 60.7 Å². The zero-order valence-corrected chi connectivity index (χ0v) is 22.1. The minimum atomic E-state index is -0.0357. The average molecular weight is 539 g/mol. The number of hydrogen-bond donors (Lipinski definition) is 0. The summed E-state index contributed by atoms with van der Waals surface area (Å²) in [5.41, 5.74) is 7.10. The Bertz CT molecular complexity index is 2850. The standard InChI is InChI=1S/C36H18N4O2/c41-35-23-15-11-19-18-10-14-22-32-24(36(42)40-28-8-4-2-6-26(28)38-34(22)40)16-12-20(30(18)32)17-9-13-21(31(23)29(17)19)33-37-25-5-1-3-7-27(25)39(33)35/h1-8,11-16H,9-10H2. The summed E-state index contributed by atoms with van der Waals surface area (Å²) >= 11 is 0. The van der Waals surface area contributed by atoms with Gasteiger partial charge in [-0.15, -0.1) is 0 Å². The molecule has 6 heteroatoms. The van der Waals surface area contributed by atoms with E-state index in [4.69, 9.17) is 9.97 Å². The van der Waals surface area contributed by atoms with E-state index >= 15 is 0 Å². The molecular weight excluding hydrogens is 520 g/mol. The molecule has 0 unspecified atom stereocenters. The molecule has 2 aliphatic carbocycles. The maximum absolute atomic E-state index is 14.0. The first-order valence-corrected chi connectivity index (χ1v) is 14.2. The molecule has 194 valence electrons. The van der Waals surface area contributed by atoms with Gasteiger partial charge in [0.25, 0.3) is 11.1 Å². The highest BCUT2D eigenvalue weighted by atomic mass is 16.1. The predicted octanol–water partition coefficient (Wildman–Crippen LogP) is 4.73. The van der Waals surface area contributed by atoms with Crippen molar-refractivity contribution < 1.29 is 0 Å². The summed E-state index contributed by atoms with van der Waals surface area (Å²) in [7, 11) is 0. The molecule has 0 aliphatic heterocycles. The van der Waals surface area contributed by atoms with Crippen LogP contribution in [0, 0.1) is 0 Å². The van der Waals surface area contributed by atoms with Crippen LogP contribution in [-0.4, -0.2) is 18.8 Å². The number of aromatic nitrogens is 4. The number of para-hydroxylation sites is 4. The van der Waals surface area contributed by atoms with Crippen LogP contribution in [0.3, 0.4) is 0 Å². The minimum absolute atomic E-state index is 0.0357. The molecule has 6 nitrogen and oxygen atoms in total. The number of imidazole rings is 2. The predicted molar refractivity (Wildman–Crippen MR) is 168 cm³/mol. The summed E-state index contributed by atoms with van der Waals surface area (Å²) in [4.78, 5) is 37.8. The van der Waals surface area contributed by atoms with E-state index in [1.54, 1.807) is 8.80 Å². The van der Waals surface area contributed by atoms with Gasteiger partial charge in [0.2, 0.25) is 0 Å². The third kappa shape index (κ3) is 2.19. The van der Waals surface area contributed by atoms with Gasteiger partial charge in [-0.25, -0.2) is 9.97 Å². The third-order valence-corrected chi connectivity index (χ3v) is 9.69. The van der Waals surface area contributed by atoms with Gasteiger partial charge >= 0.3 is 0 Å². The van der Waals surface area contributed by atoms with Crippen molar-refractivity contribution in [3.05, 3.63) is 115 Å². The molecule has 0 atom stereocenters. The normalized spacial score (nSPS) is 14.1. The molecule has 4 heterocycles. The Morgan fingerprint density at radius 3 is 1.40 bits per heavy atom. The molecule has 0 saturated heterocycles. The fourth-order valence-electron chi connectivity index (χ4n) is 8.03. The Labute approximate surface area is 235 Å². The van der Waals surface area contributed by atoms with Gasteiger partial charge in [-0.2, -0.15) is 0 Å². The van der Waals surface area contributed by atoms with Crippen molar-refractivity contribution in [3.63, 3.8) is 0 Å². The maximum Gasteiger partial charge on any atom is 0.264 e. The van der Waals surface area contributed by atoms with Gasteiger partial charge in [-0.1, -0.05) is 48.6 Å². The van der Waals surface area contributed by atoms with E-state index in [9.17, 15) is 9.59 Å². The molecule has 42 heavy (non-hydrogen) atoms. The molecule has 0 saturated carbocycles. The third-order valence-electron chi connectivity index (χ3n) is 9.69. The van der Waals surface area contributed by atoms with Gasteiger partial charge in [0.1, 0.15) is 11.3 Å². The Hall–Kier alpha value is -5.62. The van der Waals surface area contributed by atoms with Crippen molar-refractivity contribution in [2.45, 2.75) is 12.8 Å². The zero-order chi connectivity index (χ0) is 27.4. The summed E-state index contributed by atoms with van der Waals surface area (Å²) < 4.78 is 3.54. The smallest absolute Gasteiger partial charge is 0.264 e. The van der Waals surface area contributed by atoms with E-state index in [1.165, 1.54) is 11.1 Å². The van der Waals surface area contributed by atoms with Crippen LogP contribution < -0.4 is 21.6 Å². The minimum Gasteiger partial charge on any atom is -0.268 e. The second-order valence-corrected chi connectivity index (χ2v) is 11.6. The van der Waals surface area contributed by atoms with Gasteiger partial charge in [0.05, 0.1) is 22.1 Å². The van der Waals surface area contributed by atoms with Crippen molar-refractivity contribution in [2.24, 2.45) is 0 Å². The zero-order valence-electron chi connectivity index (χ0n) is 22.1. The first-order valence-electron chi connectivity index (χ1n) is 14.2. The van der Waals surface area contributed by atoms with Crippen LogP contribution in [0.25, 0.3) is 88.6 Å². The van der Waals surface area contributed by atoms with E-state index in [0.717, 1.165) is 89.0 Å². The fraction of sp³-hybridized carbons (Fsp3) is 0.0556. The fourth-order valence-corrected chi connectivity index (χ4v) is 8.03. The molecule has 0 amide bonds. The summed E-state index contributed by atoms with van der Waals surface area (Å²) in [6.45, 7) is 0. The maximum atomic E-state index is 14.0. The molecule has 0 N–H and O–H groups in total. The van der Waals surface area contributed by atoms with Gasteiger partial charge in [0.15, 0.2) is 0 Å². The number of hydrogen-bond acceptors (Lipinski definition) is 4. The van der Waals surface area contributed by atoms with Crippen LogP contribution in [0.4, 0.5) is 0 Å². The summed E-state index contributed by atoms with van der Waals surface area (Å²) in [6, 6.07) is 23.9. The average Bonchev–Trinajstić information content (AvgIpc) is 3.61. The van der Waals surface area contributed by atoms with Crippen LogP contribution >= 0.6 is 0 Å². The lowest BCUT2D eigenvalue weighted by Crippen LogP contribution is -2.25. The van der Waals surface area contributed by atoms with Gasteiger partial charge in [-0.05, 0) is 81.9 Å². The Morgan fingerprint density at radius 2 is 0.929 bits per heavy atom. The Balaban J connectivity index is 1.39. The van der Waals surface area contributed by atoms with Gasteiger partial charge in [0, 0.05) is 32.0 Å². The first kappa shape index (κ1) is 21.2. The van der Waals surface area contributed by atoms with E-state index in [0.29, 0.717) is 10.8 Å². The second-order valence-electron chi connectivity index (χ2n) is 11.6. The molecule has 0 spiro atoms. The highest BCUT2D eigenvalue weighted by Gasteiger charge is 2.26. The van der Waals surface area contributed by atoms with E-state index in [2.05, 4.69) is 24.3 Å². The summed E-state index contributed by atoms with van der Waals surface area (Å²) in [5, 5.41) is 10.0. The second kappa shape index (κ2) is 6.81. The van der Waals surface area contributed by atoms with E-state index < -0.39 is 0 Å². The SMILES string of the molecule is O=c1c2ccc3c4c5c(ccc6c(=O)n7c(nc8ccccc87)c(c65)=CC4)c4c3c2c(c2nc3ccccc3n12)=CC4. The molecular formula is C36H18N4O2.